The van der Waals surface area contributed by atoms with E-state index in [9.17, 15) is 0 Å². The summed E-state index contributed by atoms with van der Waals surface area (Å²) in [6.07, 6.45) is 0.929. The first kappa shape index (κ1) is 15.8. The number of ether oxygens (including phenoxy) is 2. The van der Waals surface area contributed by atoms with E-state index in [1.165, 1.54) is 0 Å². The zero-order chi connectivity index (χ0) is 14.3. The smallest absolute Gasteiger partial charge is 0.122 e. The molecule has 0 aliphatic heterocycles. The molecule has 19 heavy (non-hydrogen) atoms. The van der Waals surface area contributed by atoms with Crippen molar-refractivity contribution in [3.63, 3.8) is 0 Å². The fourth-order valence-corrected chi connectivity index (χ4v) is 2.07. The summed E-state index contributed by atoms with van der Waals surface area (Å²) in [4.78, 5) is 2.37. The SMILES string of the molecule is CCN(CC)CCC(N)c1cc(OC)cc(OC)c1. The van der Waals surface area contributed by atoms with Gasteiger partial charge in [-0.2, -0.15) is 0 Å². The first-order chi connectivity index (χ1) is 9.14. The van der Waals surface area contributed by atoms with Crippen LogP contribution in [0.5, 0.6) is 11.5 Å². The molecule has 0 aromatic heterocycles. The van der Waals surface area contributed by atoms with Crippen molar-refractivity contribution in [1.29, 1.82) is 0 Å². The maximum absolute atomic E-state index is 6.26. The Kier molecular flexibility index (Phi) is 6.67. The number of nitrogens with two attached hydrogens (primary N) is 1. The van der Waals surface area contributed by atoms with Crippen LogP contribution in [0.25, 0.3) is 0 Å². The molecule has 4 heteroatoms. The molecule has 0 amide bonds. The number of rotatable bonds is 8. The van der Waals surface area contributed by atoms with E-state index in [0.717, 1.165) is 43.1 Å². The van der Waals surface area contributed by atoms with Crippen LogP contribution in [0.15, 0.2) is 18.2 Å². The molecule has 1 aromatic carbocycles. The van der Waals surface area contributed by atoms with E-state index in [1.807, 2.05) is 18.2 Å². The molecule has 4 nitrogen and oxygen atoms in total. The zero-order valence-corrected chi connectivity index (χ0v) is 12.5. The molecule has 0 spiro atoms. The second-order valence-corrected chi connectivity index (χ2v) is 4.57. The van der Waals surface area contributed by atoms with E-state index in [2.05, 4.69) is 18.7 Å². The molecule has 0 saturated carbocycles. The second kappa shape index (κ2) is 8.02. The van der Waals surface area contributed by atoms with Gasteiger partial charge in [0.15, 0.2) is 0 Å². The molecule has 0 aliphatic carbocycles. The first-order valence-electron chi connectivity index (χ1n) is 6.85. The van der Waals surface area contributed by atoms with E-state index in [1.54, 1.807) is 14.2 Å². The molecule has 1 unspecified atom stereocenters. The molecule has 1 aromatic rings. The summed E-state index contributed by atoms with van der Waals surface area (Å²) in [5, 5.41) is 0. The highest BCUT2D eigenvalue weighted by Crippen LogP contribution is 2.26. The van der Waals surface area contributed by atoms with Crippen molar-refractivity contribution in [2.24, 2.45) is 5.73 Å². The molecule has 108 valence electrons. The maximum Gasteiger partial charge on any atom is 0.122 e. The average Bonchev–Trinajstić information content (AvgIpc) is 2.47. The Balaban J connectivity index is 2.72. The van der Waals surface area contributed by atoms with Gasteiger partial charge in [-0.05, 0) is 43.8 Å². The van der Waals surface area contributed by atoms with Gasteiger partial charge in [0.25, 0.3) is 0 Å². The van der Waals surface area contributed by atoms with Gasteiger partial charge in [0.2, 0.25) is 0 Å². The number of methoxy groups -OCH3 is 2. The van der Waals surface area contributed by atoms with E-state index < -0.39 is 0 Å². The van der Waals surface area contributed by atoms with E-state index in [4.69, 9.17) is 15.2 Å². The lowest BCUT2D eigenvalue weighted by Crippen LogP contribution is -2.27. The van der Waals surface area contributed by atoms with Crippen molar-refractivity contribution >= 4 is 0 Å². The van der Waals surface area contributed by atoms with Gasteiger partial charge in [-0.15, -0.1) is 0 Å². The van der Waals surface area contributed by atoms with Crippen molar-refractivity contribution in [3.05, 3.63) is 23.8 Å². The minimum Gasteiger partial charge on any atom is -0.497 e. The summed E-state index contributed by atoms with van der Waals surface area (Å²) in [6, 6.07) is 5.83. The van der Waals surface area contributed by atoms with Crippen LogP contribution in [-0.2, 0) is 0 Å². The third kappa shape index (κ3) is 4.73. The highest BCUT2D eigenvalue weighted by atomic mass is 16.5. The van der Waals surface area contributed by atoms with Crippen LogP contribution in [0.2, 0.25) is 0 Å². The Hall–Kier alpha value is -1.26. The van der Waals surface area contributed by atoms with Gasteiger partial charge in [0.1, 0.15) is 11.5 Å². The Morgan fingerprint density at radius 2 is 1.58 bits per heavy atom. The van der Waals surface area contributed by atoms with Gasteiger partial charge in [-0.1, -0.05) is 13.8 Å². The second-order valence-electron chi connectivity index (χ2n) is 4.57. The largest absolute Gasteiger partial charge is 0.497 e. The minimum absolute atomic E-state index is 0.00426. The summed E-state index contributed by atoms with van der Waals surface area (Å²) in [6.45, 7) is 7.47. The summed E-state index contributed by atoms with van der Waals surface area (Å²) < 4.78 is 10.5. The van der Waals surface area contributed by atoms with Gasteiger partial charge in [0.05, 0.1) is 14.2 Å². The zero-order valence-electron chi connectivity index (χ0n) is 12.5. The van der Waals surface area contributed by atoms with Crippen LogP contribution in [0, 0.1) is 0 Å². The highest BCUT2D eigenvalue weighted by Gasteiger charge is 2.11. The summed E-state index contributed by atoms with van der Waals surface area (Å²) in [7, 11) is 3.31. The van der Waals surface area contributed by atoms with Crippen molar-refractivity contribution in [3.8, 4) is 11.5 Å². The Bertz CT molecular complexity index is 356. The molecular weight excluding hydrogens is 240 g/mol. The van der Waals surface area contributed by atoms with Gasteiger partial charge in [-0.3, -0.25) is 0 Å². The molecule has 2 N–H and O–H groups in total. The summed E-state index contributed by atoms with van der Waals surface area (Å²) >= 11 is 0. The van der Waals surface area contributed by atoms with Crippen LogP contribution in [0.1, 0.15) is 31.9 Å². The molecular formula is C15H26N2O2. The predicted octanol–water partition coefficient (Wildman–Crippen LogP) is 2.44. The minimum atomic E-state index is 0.00426. The van der Waals surface area contributed by atoms with Crippen LogP contribution in [0.4, 0.5) is 0 Å². The topological polar surface area (TPSA) is 47.7 Å². The lowest BCUT2D eigenvalue weighted by atomic mass is 10.0. The van der Waals surface area contributed by atoms with E-state index in [0.29, 0.717) is 0 Å². The fourth-order valence-electron chi connectivity index (χ4n) is 2.07. The fraction of sp³-hybridized carbons (Fsp3) is 0.600. The van der Waals surface area contributed by atoms with Gasteiger partial charge in [0, 0.05) is 12.1 Å². The molecule has 1 rings (SSSR count). The van der Waals surface area contributed by atoms with E-state index >= 15 is 0 Å². The monoisotopic (exact) mass is 266 g/mol. The third-order valence-corrected chi connectivity index (χ3v) is 3.45. The quantitative estimate of drug-likeness (QED) is 0.785. The Morgan fingerprint density at radius 1 is 1.05 bits per heavy atom. The number of benzene rings is 1. The predicted molar refractivity (Wildman–Crippen MR) is 78.9 cm³/mol. The van der Waals surface area contributed by atoms with Crippen molar-refractivity contribution in [2.45, 2.75) is 26.3 Å². The van der Waals surface area contributed by atoms with Crippen LogP contribution in [-0.4, -0.2) is 38.8 Å². The Morgan fingerprint density at radius 3 is 2.00 bits per heavy atom. The van der Waals surface area contributed by atoms with Gasteiger partial charge in [-0.25, -0.2) is 0 Å². The molecule has 0 bridgehead atoms. The molecule has 0 saturated heterocycles. The van der Waals surface area contributed by atoms with E-state index in [-0.39, 0.29) is 6.04 Å². The molecule has 0 radical (unpaired) electrons. The van der Waals surface area contributed by atoms with Gasteiger partial charge < -0.3 is 20.1 Å². The van der Waals surface area contributed by atoms with Crippen LogP contribution >= 0.6 is 0 Å². The van der Waals surface area contributed by atoms with Crippen molar-refractivity contribution in [2.75, 3.05) is 33.9 Å². The standard InChI is InChI=1S/C15H26N2O2/c1-5-17(6-2)8-7-15(16)12-9-13(18-3)11-14(10-12)19-4/h9-11,15H,5-8,16H2,1-4H3. The normalized spacial score (nSPS) is 12.5. The molecule has 0 fully saturated rings. The average molecular weight is 266 g/mol. The molecule has 0 heterocycles. The summed E-state index contributed by atoms with van der Waals surface area (Å²) in [5.74, 6) is 1.57. The lowest BCUT2D eigenvalue weighted by Gasteiger charge is -2.21. The number of hydrogen-bond acceptors (Lipinski definition) is 4. The lowest BCUT2D eigenvalue weighted by molar-refractivity contribution is 0.290. The number of hydrogen-bond donors (Lipinski definition) is 1. The van der Waals surface area contributed by atoms with Crippen LogP contribution in [0.3, 0.4) is 0 Å². The third-order valence-electron chi connectivity index (χ3n) is 3.45. The molecule has 1 atom stereocenters. The van der Waals surface area contributed by atoms with Gasteiger partial charge >= 0.3 is 0 Å². The highest BCUT2D eigenvalue weighted by molar-refractivity contribution is 5.39. The summed E-state index contributed by atoms with van der Waals surface area (Å²) in [5.41, 5.74) is 7.32. The molecule has 0 aliphatic rings. The Labute approximate surface area is 116 Å². The van der Waals surface area contributed by atoms with Crippen molar-refractivity contribution < 1.29 is 9.47 Å². The maximum atomic E-state index is 6.26. The van der Waals surface area contributed by atoms with Crippen LogP contribution < -0.4 is 15.2 Å². The first-order valence-corrected chi connectivity index (χ1v) is 6.85. The number of nitrogens with zero attached hydrogens (tertiary/aromatic N) is 1. The van der Waals surface area contributed by atoms with Crippen molar-refractivity contribution in [1.82, 2.24) is 4.90 Å².